The minimum absolute atomic E-state index is 0.0282. The zero-order valence-electron chi connectivity index (χ0n) is 21.5. The van der Waals surface area contributed by atoms with Crippen molar-refractivity contribution in [2.45, 2.75) is 64.1 Å². The standard InChI is InChI=1S/C30H34N2O4/c1-20-12-13-23(35-19-22-14-17-32(22)28(34)36-29(2,3)4)18-25(20)27(33)31-30(15-16-30)26-11-7-9-21-8-5-6-10-24(21)26/h5-13,18,22H,14-17,19H2,1-4H3,(H,31,33)/t22-/m0/s1. The van der Waals surface area contributed by atoms with Crippen molar-refractivity contribution in [2.75, 3.05) is 13.2 Å². The van der Waals surface area contributed by atoms with Gasteiger partial charge in [0.15, 0.2) is 0 Å². The minimum Gasteiger partial charge on any atom is -0.491 e. The van der Waals surface area contributed by atoms with Gasteiger partial charge in [-0.3, -0.25) is 4.79 Å². The predicted molar refractivity (Wildman–Crippen MR) is 140 cm³/mol. The number of nitrogens with zero attached hydrogens (tertiary/aromatic N) is 1. The first-order valence-electron chi connectivity index (χ1n) is 12.7. The van der Waals surface area contributed by atoms with Crippen LogP contribution in [0.5, 0.6) is 5.75 Å². The van der Waals surface area contributed by atoms with Crippen molar-refractivity contribution in [3.05, 3.63) is 77.4 Å². The second-order valence-corrected chi connectivity index (χ2v) is 11.0. The Morgan fingerprint density at radius 2 is 1.81 bits per heavy atom. The molecule has 2 fully saturated rings. The summed E-state index contributed by atoms with van der Waals surface area (Å²) < 4.78 is 11.5. The van der Waals surface area contributed by atoms with E-state index in [4.69, 9.17) is 9.47 Å². The normalized spacial score (nSPS) is 18.3. The molecule has 6 nitrogen and oxygen atoms in total. The summed E-state index contributed by atoms with van der Waals surface area (Å²) in [4.78, 5) is 27.5. The largest absolute Gasteiger partial charge is 0.491 e. The third-order valence-electron chi connectivity index (χ3n) is 7.08. The third-order valence-corrected chi connectivity index (χ3v) is 7.08. The molecule has 188 valence electrons. The fourth-order valence-corrected chi connectivity index (χ4v) is 4.82. The van der Waals surface area contributed by atoms with Gasteiger partial charge in [-0.05, 0) is 81.0 Å². The Labute approximate surface area is 212 Å². The molecule has 0 bridgehead atoms. The van der Waals surface area contributed by atoms with Crippen LogP contribution in [0.3, 0.4) is 0 Å². The minimum atomic E-state index is -0.526. The summed E-state index contributed by atoms with van der Waals surface area (Å²) in [5.74, 6) is 0.527. The van der Waals surface area contributed by atoms with Gasteiger partial charge in [0.25, 0.3) is 5.91 Å². The van der Waals surface area contributed by atoms with Crippen LogP contribution in [0, 0.1) is 6.92 Å². The summed E-state index contributed by atoms with van der Waals surface area (Å²) in [6, 6.07) is 20.2. The quantitative estimate of drug-likeness (QED) is 0.467. The van der Waals surface area contributed by atoms with Gasteiger partial charge in [0.1, 0.15) is 18.0 Å². The first kappa shape index (κ1) is 24.2. The number of ether oxygens (including phenoxy) is 2. The van der Waals surface area contributed by atoms with Crippen LogP contribution in [0.15, 0.2) is 60.7 Å². The lowest BCUT2D eigenvalue weighted by Crippen LogP contribution is -2.55. The summed E-state index contributed by atoms with van der Waals surface area (Å²) in [5, 5.41) is 5.69. The molecule has 2 aliphatic rings. The number of aryl methyl sites for hydroxylation is 1. The first-order chi connectivity index (χ1) is 17.2. The molecule has 1 heterocycles. The molecular weight excluding hydrogens is 452 g/mol. The highest BCUT2D eigenvalue weighted by Crippen LogP contribution is 2.48. The molecule has 3 aromatic carbocycles. The van der Waals surface area contributed by atoms with E-state index in [1.165, 1.54) is 16.3 Å². The lowest BCUT2D eigenvalue weighted by Gasteiger charge is -2.41. The molecule has 1 N–H and O–H groups in total. The van der Waals surface area contributed by atoms with E-state index in [0.717, 1.165) is 24.8 Å². The van der Waals surface area contributed by atoms with E-state index in [9.17, 15) is 9.59 Å². The fourth-order valence-electron chi connectivity index (χ4n) is 4.82. The summed E-state index contributed by atoms with van der Waals surface area (Å²) in [6.45, 7) is 8.56. The topological polar surface area (TPSA) is 67.9 Å². The molecule has 1 aliphatic carbocycles. The maximum atomic E-state index is 13.4. The van der Waals surface area contributed by atoms with Crippen LogP contribution < -0.4 is 10.1 Å². The Kier molecular flexibility index (Phi) is 6.15. The number of carbonyl (C=O) groups is 2. The number of amides is 2. The van der Waals surface area contributed by atoms with Gasteiger partial charge in [-0.1, -0.05) is 48.5 Å². The van der Waals surface area contributed by atoms with E-state index in [2.05, 4.69) is 35.6 Å². The molecule has 0 spiro atoms. The Bertz CT molecular complexity index is 1300. The van der Waals surface area contributed by atoms with Gasteiger partial charge in [0.05, 0.1) is 11.6 Å². The summed E-state index contributed by atoms with van der Waals surface area (Å²) in [5.41, 5.74) is 1.82. The van der Waals surface area contributed by atoms with Gasteiger partial charge in [-0.25, -0.2) is 4.79 Å². The third kappa shape index (κ3) is 4.90. The molecule has 1 aliphatic heterocycles. The van der Waals surface area contributed by atoms with Crippen molar-refractivity contribution in [1.29, 1.82) is 0 Å². The van der Waals surface area contributed by atoms with Crippen LogP contribution >= 0.6 is 0 Å². The van der Waals surface area contributed by atoms with E-state index in [1.54, 1.807) is 11.0 Å². The Hall–Kier alpha value is -3.54. The van der Waals surface area contributed by atoms with E-state index in [1.807, 2.05) is 52.0 Å². The van der Waals surface area contributed by atoms with Crippen molar-refractivity contribution in [1.82, 2.24) is 10.2 Å². The van der Waals surface area contributed by atoms with Crippen LogP contribution in [0.25, 0.3) is 10.8 Å². The van der Waals surface area contributed by atoms with Gasteiger partial charge in [-0.15, -0.1) is 0 Å². The molecule has 36 heavy (non-hydrogen) atoms. The molecule has 1 saturated carbocycles. The monoisotopic (exact) mass is 486 g/mol. The number of hydrogen-bond acceptors (Lipinski definition) is 4. The highest BCUT2D eigenvalue weighted by Gasteiger charge is 2.46. The van der Waals surface area contributed by atoms with Gasteiger partial charge < -0.3 is 19.7 Å². The van der Waals surface area contributed by atoms with Crippen LogP contribution in [-0.4, -0.2) is 41.7 Å². The fraction of sp³-hybridized carbons (Fsp3) is 0.400. The van der Waals surface area contributed by atoms with Gasteiger partial charge in [-0.2, -0.15) is 0 Å². The number of carbonyl (C=O) groups excluding carboxylic acids is 2. The van der Waals surface area contributed by atoms with Crippen LogP contribution in [0.2, 0.25) is 0 Å². The lowest BCUT2D eigenvalue weighted by atomic mass is 9.96. The van der Waals surface area contributed by atoms with Crippen molar-refractivity contribution in [2.24, 2.45) is 0 Å². The molecule has 1 atom stereocenters. The van der Waals surface area contributed by atoms with Crippen molar-refractivity contribution in [3.63, 3.8) is 0 Å². The molecule has 5 rings (SSSR count). The SMILES string of the molecule is Cc1ccc(OC[C@@H]2CCN2C(=O)OC(C)(C)C)cc1C(=O)NC1(c2cccc3ccccc23)CC1. The van der Waals surface area contributed by atoms with E-state index in [0.29, 0.717) is 24.5 Å². The Morgan fingerprint density at radius 1 is 1.06 bits per heavy atom. The lowest BCUT2D eigenvalue weighted by molar-refractivity contribution is -0.0141. The highest BCUT2D eigenvalue weighted by atomic mass is 16.6. The number of hydrogen-bond donors (Lipinski definition) is 1. The summed E-state index contributed by atoms with van der Waals surface area (Å²) in [6.07, 6.45) is 2.40. The van der Waals surface area contributed by atoms with E-state index >= 15 is 0 Å². The second-order valence-electron chi connectivity index (χ2n) is 11.0. The molecule has 2 amide bonds. The molecule has 0 unspecified atom stereocenters. The number of nitrogens with one attached hydrogen (secondary N) is 1. The Morgan fingerprint density at radius 3 is 2.50 bits per heavy atom. The molecule has 0 aromatic heterocycles. The van der Waals surface area contributed by atoms with E-state index < -0.39 is 5.60 Å². The smallest absolute Gasteiger partial charge is 0.410 e. The summed E-state index contributed by atoms with van der Waals surface area (Å²) in [7, 11) is 0. The van der Waals surface area contributed by atoms with Crippen molar-refractivity contribution >= 4 is 22.8 Å². The molecular formula is C30H34N2O4. The number of likely N-dealkylation sites (tertiary alicyclic amines) is 1. The summed E-state index contributed by atoms with van der Waals surface area (Å²) >= 11 is 0. The highest BCUT2D eigenvalue weighted by molar-refractivity contribution is 5.97. The maximum Gasteiger partial charge on any atom is 0.410 e. The maximum absolute atomic E-state index is 13.4. The molecule has 0 radical (unpaired) electrons. The molecule has 1 saturated heterocycles. The second kappa shape index (κ2) is 9.16. The zero-order valence-corrected chi connectivity index (χ0v) is 21.5. The van der Waals surface area contributed by atoms with E-state index in [-0.39, 0.29) is 23.6 Å². The van der Waals surface area contributed by atoms with Crippen LogP contribution in [-0.2, 0) is 10.3 Å². The number of benzene rings is 3. The first-order valence-corrected chi connectivity index (χ1v) is 12.7. The van der Waals surface area contributed by atoms with Crippen LogP contribution in [0.4, 0.5) is 4.79 Å². The van der Waals surface area contributed by atoms with Gasteiger partial charge in [0, 0.05) is 12.1 Å². The predicted octanol–water partition coefficient (Wildman–Crippen LogP) is 5.96. The zero-order chi connectivity index (χ0) is 25.5. The molecule has 3 aromatic rings. The van der Waals surface area contributed by atoms with Crippen molar-refractivity contribution in [3.8, 4) is 5.75 Å². The average Bonchev–Trinajstić information content (AvgIpc) is 3.58. The van der Waals surface area contributed by atoms with Gasteiger partial charge >= 0.3 is 6.09 Å². The number of fused-ring (bicyclic) bond motifs is 1. The number of rotatable bonds is 6. The Balaban J connectivity index is 1.27. The van der Waals surface area contributed by atoms with Crippen LogP contribution in [0.1, 0.15) is 61.5 Å². The van der Waals surface area contributed by atoms with Gasteiger partial charge in [0.2, 0.25) is 0 Å². The van der Waals surface area contributed by atoms with Crippen molar-refractivity contribution < 1.29 is 19.1 Å². The molecule has 6 heteroatoms. The average molecular weight is 487 g/mol.